The smallest absolute Gasteiger partial charge is 0.148 e. The Balaban J connectivity index is 1.93. The topological polar surface area (TPSA) is 41.9 Å². The van der Waals surface area contributed by atoms with Gasteiger partial charge in [0.15, 0.2) is 0 Å². The number of rotatable bonds is 3. The maximum absolute atomic E-state index is 4.42. The van der Waals surface area contributed by atoms with Gasteiger partial charge in [0.05, 0.1) is 0 Å². The van der Waals surface area contributed by atoms with Gasteiger partial charge in [-0.2, -0.15) is 5.10 Å². The second-order valence-electron chi connectivity index (χ2n) is 5.77. The van der Waals surface area contributed by atoms with E-state index in [4.69, 9.17) is 0 Å². The molecule has 96 valence electrons. The van der Waals surface area contributed by atoms with Crippen molar-refractivity contribution in [2.45, 2.75) is 39.7 Å². The van der Waals surface area contributed by atoms with Gasteiger partial charge in [0.25, 0.3) is 0 Å². The monoisotopic (exact) mass is 236 g/mol. The third-order valence-electron chi connectivity index (χ3n) is 3.93. The fourth-order valence-electron chi connectivity index (χ4n) is 2.47. The molecule has 0 amide bonds. The van der Waals surface area contributed by atoms with Crippen molar-refractivity contribution in [1.29, 1.82) is 0 Å². The van der Waals surface area contributed by atoms with Crippen molar-refractivity contribution in [3.8, 4) is 0 Å². The van der Waals surface area contributed by atoms with Gasteiger partial charge in [-0.25, -0.2) is 0 Å². The van der Waals surface area contributed by atoms with Crippen LogP contribution in [0.2, 0.25) is 0 Å². The number of hydrogen-bond donors (Lipinski definition) is 2. The molecule has 4 nitrogen and oxygen atoms in total. The van der Waals surface area contributed by atoms with Crippen LogP contribution in [0, 0.1) is 12.3 Å². The largest absolute Gasteiger partial charge is 0.367 e. The van der Waals surface area contributed by atoms with Crippen molar-refractivity contribution in [2.75, 3.05) is 18.4 Å². The summed E-state index contributed by atoms with van der Waals surface area (Å²) in [4.78, 5) is 0. The molecule has 2 N–H and O–H groups in total. The molecule has 1 aliphatic heterocycles. The molecule has 0 spiro atoms. The van der Waals surface area contributed by atoms with Crippen LogP contribution in [-0.4, -0.2) is 28.9 Å². The Morgan fingerprint density at radius 2 is 2.35 bits per heavy atom. The first kappa shape index (κ1) is 12.4. The molecule has 1 aromatic heterocycles. The average molecular weight is 236 g/mol. The Bertz CT molecular complexity index is 361. The molecule has 1 unspecified atom stereocenters. The predicted molar refractivity (Wildman–Crippen MR) is 71.2 cm³/mol. The Kier molecular flexibility index (Phi) is 3.43. The van der Waals surface area contributed by atoms with Gasteiger partial charge >= 0.3 is 0 Å². The van der Waals surface area contributed by atoms with Gasteiger partial charge in [-0.3, -0.25) is 4.68 Å². The summed E-state index contributed by atoms with van der Waals surface area (Å²) in [6.07, 6.45) is 2.58. The summed E-state index contributed by atoms with van der Waals surface area (Å²) in [5.74, 6) is 0.980. The van der Waals surface area contributed by atoms with Crippen LogP contribution < -0.4 is 10.6 Å². The molecule has 2 rings (SSSR count). The lowest BCUT2D eigenvalue weighted by Gasteiger charge is -2.39. The minimum atomic E-state index is 0.370. The van der Waals surface area contributed by atoms with Crippen LogP contribution in [0.3, 0.4) is 0 Å². The van der Waals surface area contributed by atoms with Crippen LogP contribution in [0.5, 0.6) is 0 Å². The lowest BCUT2D eigenvalue weighted by atomic mass is 9.77. The van der Waals surface area contributed by atoms with E-state index in [9.17, 15) is 0 Å². The maximum atomic E-state index is 4.42. The lowest BCUT2D eigenvalue weighted by molar-refractivity contribution is 0.188. The third-order valence-corrected chi connectivity index (χ3v) is 3.93. The minimum absolute atomic E-state index is 0.370. The molecule has 1 aromatic rings. The molecule has 0 bridgehead atoms. The highest BCUT2D eigenvalue weighted by Crippen LogP contribution is 2.30. The van der Waals surface area contributed by atoms with E-state index in [-0.39, 0.29) is 0 Å². The zero-order chi connectivity index (χ0) is 12.5. The van der Waals surface area contributed by atoms with E-state index in [2.05, 4.69) is 42.6 Å². The SMILES string of the molecule is Cc1cc(NCC2NCCCC2(C)C)nn1C. The second-order valence-corrected chi connectivity index (χ2v) is 5.77. The van der Waals surface area contributed by atoms with E-state index in [0.29, 0.717) is 11.5 Å². The molecular weight excluding hydrogens is 212 g/mol. The highest BCUT2D eigenvalue weighted by molar-refractivity contribution is 5.35. The number of hydrogen-bond acceptors (Lipinski definition) is 3. The van der Waals surface area contributed by atoms with Crippen molar-refractivity contribution in [3.63, 3.8) is 0 Å². The maximum Gasteiger partial charge on any atom is 0.148 e. The van der Waals surface area contributed by atoms with Gasteiger partial charge in [0, 0.05) is 31.4 Å². The van der Waals surface area contributed by atoms with Crippen molar-refractivity contribution in [1.82, 2.24) is 15.1 Å². The van der Waals surface area contributed by atoms with Crippen LogP contribution in [0.15, 0.2) is 6.07 Å². The van der Waals surface area contributed by atoms with Crippen molar-refractivity contribution < 1.29 is 0 Å². The van der Waals surface area contributed by atoms with E-state index in [1.54, 1.807) is 0 Å². The van der Waals surface area contributed by atoms with Crippen LogP contribution in [0.25, 0.3) is 0 Å². The Hall–Kier alpha value is -1.03. The van der Waals surface area contributed by atoms with Crippen LogP contribution in [0.1, 0.15) is 32.4 Å². The highest BCUT2D eigenvalue weighted by atomic mass is 15.3. The molecule has 1 atom stereocenters. The van der Waals surface area contributed by atoms with Crippen LogP contribution >= 0.6 is 0 Å². The Labute approximate surface area is 104 Å². The first-order valence-electron chi connectivity index (χ1n) is 6.47. The Morgan fingerprint density at radius 1 is 1.59 bits per heavy atom. The summed E-state index contributed by atoms with van der Waals surface area (Å²) in [7, 11) is 1.98. The van der Waals surface area contributed by atoms with Crippen LogP contribution in [0.4, 0.5) is 5.82 Å². The molecular formula is C13H24N4. The van der Waals surface area contributed by atoms with E-state index in [0.717, 1.165) is 18.9 Å². The lowest BCUT2D eigenvalue weighted by Crippen LogP contribution is -2.50. The molecule has 1 fully saturated rings. The molecule has 2 heterocycles. The molecule has 0 radical (unpaired) electrons. The van der Waals surface area contributed by atoms with Crippen LogP contribution in [-0.2, 0) is 7.05 Å². The minimum Gasteiger partial charge on any atom is -0.367 e. The van der Waals surface area contributed by atoms with E-state index >= 15 is 0 Å². The molecule has 0 aromatic carbocycles. The highest BCUT2D eigenvalue weighted by Gasteiger charge is 2.31. The number of nitrogens with zero attached hydrogens (tertiary/aromatic N) is 2. The summed E-state index contributed by atoms with van der Waals surface area (Å²) in [6, 6.07) is 2.62. The van der Waals surface area contributed by atoms with E-state index in [1.165, 1.54) is 18.5 Å². The van der Waals surface area contributed by atoms with Crippen molar-refractivity contribution in [3.05, 3.63) is 11.8 Å². The normalized spacial score (nSPS) is 23.6. The average Bonchev–Trinajstić information content (AvgIpc) is 2.56. The molecule has 1 saturated heterocycles. The molecule has 17 heavy (non-hydrogen) atoms. The number of aromatic nitrogens is 2. The number of nitrogens with one attached hydrogen (secondary N) is 2. The van der Waals surface area contributed by atoms with Gasteiger partial charge in [-0.1, -0.05) is 13.8 Å². The number of aryl methyl sites for hydroxylation is 2. The number of anilines is 1. The zero-order valence-corrected chi connectivity index (χ0v) is 11.4. The summed E-state index contributed by atoms with van der Waals surface area (Å²) in [5.41, 5.74) is 1.55. The van der Waals surface area contributed by atoms with Gasteiger partial charge in [0.2, 0.25) is 0 Å². The summed E-state index contributed by atoms with van der Waals surface area (Å²) >= 11 is 0. The van der Waals surface area contributed by atoms with Crippen molar-refractivity contribution in [2.24, 2.45) is 12.5 Å². The fraction of sp³-hybridized carbons (Fsp3) is 0.769. The van der Waals surface area contributed by atoms with Gasteiger partial charge < -0.3 is 10.6 Å². The molecule has 0 aliphatic carbocycles. The second kappa shape index (κ2) is 4.69. The molecule has 1 aliphatic rings. The van der Waals surface area contributed by atoms with E-state index in [1.807, 2.05) is 11.7 Å². The quantitative estimate of drug-likeness (QED) is 0.842. The Morgan fingerprint density at radius 3 is 2.94 bits per heavy atom. The van der Waals surface area contributed by atoms with Gasteiger partial charge in [-0.15, -0.1) is 0 Å². The fourth-order valence-corrected chi connectivity index (χ4v) is 2.47. The molecule has 0 saturated carbocycles. The van der Waals surface area contributed by atoms with Gasteiger partial charge in [-0.05, 0) is 31.7 Å². The van der Waals surface area contributed by atoms with Crippen molar-refractivity contribution >= 4 is 5.82 Å². The molecule has 4 heteroatoms. The predicted octanol–water partition coefficient (Wildman–Crippen LogP) is 1.92. The van der Waals surface area contributed by atoms with E-state index < -0.39 is 0 Å². The first-order valence-corrected chi connectivity index (χ1v) is 6.47. The summed E-state index contributed by atoms with van der Waals surface area (Å²) in [5, 5.41) is 11.5. The van der Waals surface area contributed by atoms with Gasteiger partial charge in [0.1, 0.15) is 5.82 Å². The summed E-state index contributed by atoms with van der Waals surface area (Å²) in [6.45, 7) is 8.84. The number of piperidine rings is 1. The zero-order valence-electron chi connectivity index (χ0n) is 11.4. The summed E-state index contributed by atoms with van der Waals surface area (Å²) < 4.78 is 1.90. The standard InChI is InChI=1S/C13H24N4/c1-10-8-12(16-17(10)4)15-9-11-13(2,3)6-5-7-14-11/h8,11,14H,5-7,9H2,1-4H3,(H,15,16). The first-order chi connectivity index (χ1) is 7.99. The third kappa shape index (κ3) is 2.80.